The van der Waals surface area contributed by atoms with Crippen LogP contribution in [0.15, 0.2) is 27.9 Å². The summed E-state index contributed by atoms with van der Waals surface area (Å²) in [5.41, 5.74) is 0.797. The fraction of sp³-hybridized carbons (Fsp3) is 0.529. The number of likely N-dealkylation sites (tertiary alicyclic amines) is 1. The highest BCUT2D eigenvalue weighted by Crippen LogP contribution is 2.21. The Balaban J connectivity index is 1.55. The first-order valence-corrected chi connectivity index (χ1v) is 9.44. The molecule has 1 amide bonds. The van der Waals surface area contributed by atoms with Gasteiger partial charge in [0.15, 0.2) is 5.82 Å². The fourth-order valence-electron chi connectivity index (χ4n) is 2.65. The Labute approximate surface area is 146 Å². The Kier molecular flexibility index (Phi) is 5.85. The van der Waals surface area contributed by atoms with E-state index in [-0.39, 0.29) is 5.91 Å². The average Bonchev–Trinajstić information content (AvgIpc) is 2.94. The smallest absolute Gasteiger partial charge is 0.259 e. The number of nitrogens with zero attached hydrogens (tertiary/aromatic N) is 4. The van der Waals surface area contributed by atoms with Crippen molar-refractivity contribution in [3.63, 3.8) is 0 Å². The number of rotatable bonds is 5. The Hall–Kier alpha value is -1.89. The lowest BCUT2D eigenvalue weighted by atomic mass is 10.2. The summed E-state index contributed by atoms with van der Waals surface area (Å²) in [6.07, 6.45) is 7.15. The molecule has 1 fully saturated rings. The lowest BCUT2D eigenvalue weighted by Gasteiger charge is -2.19. The van der Waals surface area contributed by atoms with Crippen LogP contribution in [0.4, 0.5) is 0 Å². The van der Waals surface area contributed by atoms with Crippen molar-refractivity contribution >= 4 is 17.7 Å². The number of aromatic nitrogens is 3. The summed E-state index contributed by atoms with van der Waals surface area (Å²) in [5, 5.41) is 4.71. The van der Waals surface area contributed by atoms with Crippen molar-refractivity contribution in [1.29, 1.82) is 0 Å². The SMILES string of the molecule is CCc1noc(-c2ccc(SCC(=O)N3CCCCCC3)nc2)n1. The van der Waals surface area contributed by atoms with Gasteiger partial charge in [-0.1, -0.05) is 36.7 Å². The van der Waals surface area contributed by atoms with Crippen LogP contribution in [-0.2, 0) is 11.2 Å². The third-order valence-electron chi connectivity index (χ3n) is 4.07. The van der Waals surface area contributed by atoms with E-state index in [1.54, 1.807) is 6.20 Å². The molecule has 0 bridgehead atoms. The molecule has 0 radical (unpaired) electrons. The van der Waals surface area contributed by atoms with Crippen LogP contribution in [-0.4, -0.2) is 44.8 Å². The second kappa shape index (κ2) is 8.28. The molecule has 0 atom stereocenters. The molecule has 24 heavy (non-hydrogen) atoms. The number of hydrogen-bond donors (Lipinski definition) is 0. The normalized spacial score (nSPS) is 15.3. The topological polar surface area (TPSA) is 72.1 Å². The maximum Gasteiger partial charge on any atom is 0.259 e. The van der Waals surface area contributed by atoms with E-state index in [0.29, 0.717) is 17.5 Å². The molecule has 1 saturated heterocycles. The lowest BCUT2D eigenvalue weighted by Crippen LogP contribution is -2.33. The van der Waals surface area contributed by atoms with Crippen molar-refractivity contribution in [1.82, 2.24) is 20.0 Å². The van der Waals surface area contributed by atoms with Gasteiger partial charge in [-0.05, 0) is 25.0 Å². The van der Waals surface area contributed by atoms with Gasteiger partial charge in [-0.25, -0.2) is 4.98 Å². The fourth-order valence-corrected chi connectivity index (χ4v) is 3.40. The van der Waals surface area contributed by atoms with Crippen LogP contribution in [0, 0.1) is 0 Å². The first-order chi connectivity index (χ1) is 11.8. The summed E-state index contributed by atoms with van der Waals surface area (Å²) in [6, 6.07) is 3.80. The minimum absolute atomic E-state index is 0.206. The number of pyridine rings is 1. The molecule has 0 aliphatic carbocycles. The van der Waals surface area contributed by atoms with E-state index in [9.17, 15) is 4.79 Å². The van der Waals surface area contributed by atoms with Crippen LogP contribution in [0.25, 0.3) is 11.5 Å². The third-order valence-corrected chi connectivity index (χ3v) is 5.00. The van der Waals surface area contributed by atoms with Gasteiger partial charge in [0, 0.05) is 25.7 Å². The molecular weight excluding hydrogens is 324 g/mol. The maximum atomic E-state index is 12.3. The Morgan fingerprint density at radius 3 is 2.67 bits per heavy atom. The maximum absolute atomic E-state index is 12.3. The zero-order valence-electron chi connectivity index (χ0n) is 13.9. The summed E-state index contributed by atoms with van der Waals surface area (Å²) >= 11 is 1.47. The zero-order valence-corrected chi connectivity index (χ0v) is 14.7. The standard InChI is InChI=1S/C17H22N4O2S/c1-2-14-19-17(23-20-14)13-7-8-15(18-11-13)24-12-16(22)21-9-5-3-4-6-10-21/h7-8,11H,2-6,9-10,12H2,1H3. The van der Waals surface area contributed by atoms with Crippen LogP contribution in [0.5, 0.6) is 0 Å². The van der Waals surface area contributed by atoms with Gasteiger partial charge in [0.05, 0.1) is 16.3 Å². The predicted molar refractivity (Wildman–Crippen MR) is 92.7 cm³/mol. The van der Waals surface area contributed by atoms with Crippen LogP contribution in [0.3, 0.4) is 0 Å². The van der Waals surface area contributed by atoms with Crippen molar-refractivity contribution in [3.05, 3.63) is 24.2 Å². The van der Waals surface area contributed by atoms with Crippen LogP contribution in [0.2, 0.25) is 0 Å². The van der Waals surface area contributed by atoms with Gasteiger partial charge in [0.1, 0.15) is 0 Å². The number of aryl methyl sites for hydroxylation is 1. The molecule has 0 unspecified atom stereocenters. The molecule has 6 nitrogen and oxygen atoms in total. The molecule has 3 rings (SSSR count). The summed E-state index contributed by atoms with van der Waals surface area (Å²) in [4.78, 5) is 23.0. The predicted octanol–water partition coefficient (Wildman–Crippen LogP) is 3.19. The van der Waals surface area contributed by atoms with Crippen molar-refractivity contribution in [2.24, 2.45) is 0 Å². The summed E-state index contributed by atoms with van der Waals surface area (Å²) in [7, 11) is 0. The number of thioether (sulfide) groups is 1. The first-order valence-electron chi connectivity index (χ1n) is 8.46. The van der Waals surface area contributed by atoms with Gasteiger partial charge >= 0.3 is 0 Å². The summed E-state index contributed by atoms with van der Waals surface area (Å²) < 4.78 is 5.20. The van der Waals surface area contributed by atoms with Gasteiger partial charge in [0.25, 0.3) is 5.89 Å². The van der Waals surface area contributed by atoms with Gasteiger partial charge in [-0.15, -0.1) is 0 Å². The second-order valence-electron chi connectivity index (χ2n) is 5.84. The largest absolute Gasteiger partial charge is 0.342 e. The number of carbonyl (C=O) groups is 1. The second-order valence-corrected chi connectivity index (χ2v) is 6.83. The van der Waals surface area contributed by atoms with Gasteiger partial charge in [-0.3, -0.25) is 4.79 Å². The molecule has 0 spiro atoms. The Morgan fingerprint density at radius 1 is 1.25 bits per heavy atom. The number of carbonyl (C=O) groups excluding carboxylic acids is 1. The van der Waals surface area contributed by atoms with E-state index in [1.807, 2.05) is 24.0 Å². The number of amides is 1. The number of hydrogen-bond acceptors (Lipinski definition) is 6. The molecule has 128 valence electrons. The van der Waals surface area contributed by atoms with Gasteiger partial charge < -0.3 is 9.42 Å². The summed E-state index contributed by atoms with van der Waals surface area (Å²) in [6.45, 7) is 3.76. The average molecular weight is 346 g/mol. The minimum Gasteiger partial charge on any atom is -0.342 e. The zero-order chi connectivity index (χ0) is 16.8. The molecule has 1 aliphatic heterocycles. The van der Waals surface area contributed by atoms with Crippen LogP contribution in [0.1, 0.15) is 38.4 Å². The minimum atomic E-state index is 0.206. The van der Waals surface area contributed by atoms with E-state index in [4.69, 9.17) is 4.52 Å². The van der Waals surface area contributed by atoms with Crippen LogP contribution < -0.4 is 0 Å². The molecule has 3 heterocycles. The van der Waals surface area contributed by atoms with E-state index < -0.39 is 0 Å². The molecule has 7 heteroatoms. The van der Waals surface area contributed by atoms with Gasteiger partial charge in [0.2, 0.25) is 5.91 Å². The molecule has 0 N–H and O–H groups in total. The van der Waals surface area contributed by atoms with Crippen molar-refractivity contribution in [3.8, 4) is 11.5 Å². The van der Waals surface area contributed by atoms with Crippen LogP contribution >= 0.6 is 11.8 Å². The molecular formula is C17H22N4O2S. The Bertz CT molecular complexity index is 663. The highest BCUT2D eigenvalue weighted by molar-refractivity contribution is 7.99. The highest BCUT2D eigenvalue weighted by atomic mass is 32.2. The van der Waals surface area contributed by atoms with Crippen molar-refractivity contribution in [2.45, 2.75) is 44.1 Å². The third kappa shape index (κ3) is 4.35. The van der Waals surface area contributed by atoms with Gasteiger partial charge in [-0.2, -0.15) is 4.98 Å². The monoisotopic (exact) mass is 346 g/mol. The molecule has 0 saturated carbocycles. The van der Waals surface area contributed by atoms with E-state index in [2.05, 4.69) is 15.1 Å². The van der Waals surface area contributed by atoms with E-state index in [1.165, 1.54) is 24.6 Å². The summed E-state index contributed by atoms with van der Waals surface area (Å²) in [5.74, 6) is 1.81. The molecule has 1 aliphatic rings. The highest BCUT2D eigenvalue weighted by Gasteiger charge is 2.16. The first kappa shape index (κ1) is 17.0. The van der Waals surface area contributed by atoms with E-state index >= 15 is 0 Å². The van der Waals surface area contributed by atoms with Crippen molar-refractivity contribution in [2.75, 3.05) is 18.8 Å². The lowest BCUT2D eigenvalue weighted by molar-refractivity contribution is -0.128. The van der Waals surface area contributed by atoms with E-state index in [0.717, 1.165) is 42.9 Å². The molecule has 0 aromatic carbocycles. The Morgan fingerprint density at radius 2 is 2.04 bits per heavy atom. The van der Waals surface area contributed by atoms with Crippen molar-refractivity contribution < 1.29 is 9.32 Å². The molecule has 2 aromatic heterocycles. The molecule has 2 aromatic rings. The quantitative estimate of drug-likeness (QED) is 0.774.